The molecule has 6 heteroatoms. The van der Waals surface area contributed by atoms with Gasteiger partial charge in [-0.05, 0) is 31.7 Å². The molecule has 0 spiro atoms. The average Bonchev–Trinajstić information content (AvgIpc) is 2.80. The zero-order valence-electron chi connectivity index (χ0n) is 10.8. The van der Waals surface area contributed by atoms with E-state index in [1.807, 2.05) is 0 Å². The summed E-state index contributed by atoms with van der Waals surface area (Å²) in [5.41, 5.74) is 1.53. The summed E-state index contributed by atoms with van der Waals surface area (Å²) >= 11 is 6.15. The SMILES string of the molecule is Cc1cc(N2CC[C@@H](CCO)C2)c(Cl)cc1[N+](=O)[O-]. The molecule has 1 aliphatic rings. The van der Waals surface area contributed by atoms with Crippen LogP contribution >= 0.6 is 11.6 Å². The third-order valence-electron chi connectivity index (χ3n) is 3.63. The number of nitro groups is 1. The lowest BCUT2D eigenvalue weighted by molar-refractivity contribution is -0.385. The van der Waals surface area contributed by atoms with Gasteiger partial charge in [0.05, 0.1) is 15.6 Å². The Morgan fingerprint density at radius 1 is 1.58 bits per heavy atom. The molecule has 0 aliphatic carbocycles. The van der Waals surface area contributed by atoms with E-state index in [4.69, 9.17) is 16.7 Å². The topological polar surface area (TPSA) is 66.6 Å². The van der Waals surface area contributed by atoms with Gasteiger partial charge in [0.15, 0.2) is 0 Å². The second kappa shape index (κ2) is 5.75. The molecule has 1 atom stereocenters. The summed E-state index contributed by atoms with van der Waals surface area (Å²) in [7, 11) is 0. The molecule has 0 unspecified atom stereocenters. The molecule has 19 heavy (non-hydrogen) atoms. The summed E-state index contributed by atoms with van der Waals surface area (Å²) in [5, 5.41) is 20.2. The van der Waals surface area contributed by atoms with Gasteiger partial charge in [-0.25, -0.2) is 0 Å². The number of rotatable bonds is 4. The van der Waals surface area contributed by atoms with Crippen LogP contribution in [0.5, 0.6) is 0 Å². The van der Waals surface area contributed by atoms with Gasteiger partial charge in [-0.15, -0.1) is 0 Å². The number of aliphatic hydroxyl groups is 1. The van der Waals surface area contributed by atoms with Gasteiger partial charge < -0.3 is 10.0 Å². The third kappa shape index (κ3) is 2.98. The summed E-state index contributed by atoms with van der Waals surface area (Å²) in [6.07, 6.45) is 1.81. The van der Waals surface area contributed by atoms with Gasteiger partial charge in [-0.2, -0.15) is 0 Å². The van der Waals surface area contributed by atoms with E-state index in [1.54, 1.807) is 13.0 Å². The van der Waals surface area contributed by atoms with Gasteiger partial charge in [0.1, 0.15) is 0 Å². The van der Waals surface area contributed by atoms with Crippen molar-refractivity contribution >= 4 is 23.0 Å². The molecule has 0 bridgehead atoms. The molecule has 0 amide bonds. The lowest BCUT2D eigenvalue weighted by atomic mass is 10.1. The summed E-state index contributed by atoms with van der Waals surface area (Å²) in [6.45, 7) is 3.64. The van der Waals surface area contributed by atoms with Gasteiger partial charge in [0.2, 0.25) is 0 Å². The Balaban J connectivity index is 2.22. The Morgan fingerprint density at radius 2 is 2.32 bits per heavy atom. The van der Waals surface area contributed by atoms with Crippen LogP contribution in [0.25, 0.3) is 0 Å². The van der Waals surface area contributed by atoms with Crippen molar-refractivity contribution in [2.24, 2.45) is 5.92 Å². The lowest BCUT2D eigenvalue weighted by Crippen LogP contribution is -2.20. The maximum absolute atomic E-state index is 10.8. The molecule has 0 aromatic heterocycles. The maximum Gasteiger partial charge on any atom is 0.273 e. The minimum Gasteiger partial charge on any atom is -0.396 e. The second-order valence-electron chi connectivity index (χ2n) is 4.96. The predicted octanol–water partition coefficient (Wildman–Crippen LogP) is 2.77. The second-order valence-corrected chi connectivity index (χ2v) is 5.37. The van der Waals surface area contributed by atoms with E-state index in [2.05, 4.69) is 4.90 Å². The molecule has 104 valence electrons. The Hall–Kier alpha value is -1.33. The van der Waals surface area contributed by atoms with E-state index in [-0.39, 0.29) is 12.3 Å². The average molecular weight is 285 g/mol. The summed E-state index contributed by atoms with van der Waals surface area (Å²) < 4.78 is 0. The Kier molecular flexibility index (Phi) is 4.27. The first-order chi connectivity index (χ1) is 9.02. The standard InChI is InChI=1S/C13H17ClN2O3/c1-9-6-13(11(14)7-12(9)16(18)19)15-4-2-10(8-15)3-5-17/h6-7,10,17H,2-5,8H2,1H3/t10-/m0/s1. The zero-order valence-corrected chi connectivity index (χ0v) is 11.6. The van der Waals surface area contributed by atoms with Crippen LogP contribution in [0.2, 0.25) is 5.02 Å². The van der Waals surface area contributed by atoms with E-state index in [0.29, 0.717) is 16.5 Å². The molecule has 5 nitrogen and oxygen atoms in total. The molecule has 1 saturated heterocycles. The van der Waals surface area contributed by atoms with Crippen LogP contribution in [-0.2, 0) is 0 Å². The quantitative estimate of drug-likeness (QED) is 0.682. The molecule has 0 radical (unpaired) electrons. The first-order valence-corrected chi connectivity index (χ1v) is 6.71. The van der Waals surface area contributed by atoms with Gasteiger partial charge in [-0.1, -0.05) is 11.6 Å². The third-order valence-corrected chi connectivity index (χ3v) is 3.93. The van der Waals surface area contributed by atoms with Crippen LogP contribution < -0.4 is 4.90 Å². The van der Waals surface area contributed by atoms with Crippen molar-refractivity contribution < 1.29 is 10.0 Å². The number of aryl methyl sites for hydroxylation is 1. The van der Waals surface area contributed by atoms with Crippen LogP contribution in [-0.4, -0.2) is 29.7 Å². The molecule has 0 saturated carbocycles. The molecule has 1 fully saturated rings. The molecular formula is C13H17ClN2O3. The van der Waals surface area contributed by atoms with Crippen LogP contribution in [0.15, 0.2) is 12.1 Å². The first kappa shape index (κ1) is 14.1. The van der Waals surface area contributed by atoms with Crippen molar-refractivity contribution in [2.45, 2.75) is 19.8 Å². The van der Waals surface area contributed by atoms with Gasteiger partial charge >= 0.3 is 0 Å². The van der Waals surface area contributed by atoms with Crippen LogP contribution in [0.3, 0.4) is 0 Å². The summed E-state index contributed by atoms with van der Waals surface area (Å²) in [6, 6.07) is 3.20. The largest absolute Gasteiger partial charge is 0.396 e. The minimum atomic E-state index is -0.413. The highest BCUT2D eigenvalue weighted by Gasteiger charge is 2.25. The van der Waals surface area contributed by atoms with Gasteiger partial charge in [-0.3, -0.25) is 10.1 Å². The molecule has 1 heterocycles. The molecule has 2 rings (SSSR count). The van der Waals surface area contributed by atoms with E-state index in [9.17, 15) is 10.1 Å². The first-order valence-electron chi connectivity index (χ1n) is 6.33. The highest BCUT2D eigenvalue weighted by Crippen LogP contribution is 2.35. The lowest BCUT2D eigenvalue weighted by Gasteiger charge is -2.20. The highest BCUT2D eigenvalue weighted by molar-refractivity contribution is 6.33. The number of benzene rings is 1. The fourth-order valence-corrected chi connectivity index (χ4v) is 2.84. The van der Waals surface area contributed by atoms with Crippen LogP contribution in [0, 0.1) is 23.0 Å². The van der Waals surface area contributed by atoms with Crippen molar-refractivity contribution in [1.29, 1.82) is 0 Å². The number of halogens is 1. The highest BCUT2D eigenvalue weighted by atomic mass is 35.5. The Bertz CT molecular complexity index is 493. The van der Waals surface area contributed by atoms with E-state index in [0.717, 1.165) is 31.6 Å². The fraction of sp³-hybridized carbons (Fsp3) is 0.538. The van der Waals surface area contributed by atoms with Crippen molar-refractivity contribution in [3.05, 3.63) is 32.8 Å². The number of nitrogens with zero attached hydrogens (tertiary/aromatic N) is 2. The fourth-order valence-electron chi connectivity index (χ4n) is 2.56. The number of hydrogen-bond donors (Lipinski definition) is 1. The Labute approximate surface area is 116 Å². The molecule has 1 aliphatic heterocycles. The maximum atomic E-state index is 10.8. The molecule has 1 aromatic rings. The zero-order chi connectivity index (χ0) is 14.0. The van der Waals surface area contributed by atoms with Crippen LogP contribution in [0.1, 0.15) is 18.4 Å². The summed E-state index contributed by atoms with van der Waals surface area (Å²) in [4.78, 5) is 12.6. The number of aliphatic hydroxyl groups excluding tert-OH is 1. The molecular weight excluding hydrogens is 268 g/mol. The Morgan fingerprint density at radius 3 is 2.95 bits per heavy atom. The molecule has 1 N–H and O–H groups in total. The van der Waals surface area contributed by atoms with Crippen molar-refractivity contribution in [2.75, 3.05) is 24.6 Å². The minimum absolute atomic E-state index is 0.0554. The van der Waals surface area contributed by atoms with E-state index < -0.39 is 4.92 Å². The van der Waals surface area contributed by atoms with Crippen LogP contribution in [0.4, 0.5) is 11.4 Å². The monoisotopic (exact) mass is 284 g/mol. The van der Waals surface area contributed by atoms with Gasteiger partial charge in [0, 0.05) is 31.3 Å². The van der Waals surface area contributed by atoms with Gasteiger partial charge in [0.25, 0.3) is 5.69 Å². The van der Waals surface area contributed by atoms with E-state index in [1.165, 1.54) is 6.07 Å². The van der Waals surface area contributed by atoms with Crippen molar-refractivity contribution in [1.82, 2.24) is 0 Å². The normalized spacial score (nSPS) is 18.9. The number of nitro benzene ring substituents is 1. The van der Waals surface area contributed by atoms with Crippen molar-refractivity contribution in [3.63, 3.8) is 0 Å². The van der Waals surface area contributed by atoms with E-state index >= 15 is 0 Å². The number of hydrogen-bond acceptors (Lipinski definition) is 4. The summed E-state index contributed by atoms with van der Waals surface area (Å²) in [5.74, 6) is 0.469. The predicted molar refractivity (Wildman–Crippen MR) is 74.9 cm³/mol. The molecule has 1 aromatic carbocycles. The smallest absolute Gasteiger partial charge is 0.273 e. The number of anilines is 1. The van der Waals surface area contributed by atoms with Crippen molar-refractivity contribution in [3.8, 4) is 0 Å².